The van der Waals surface area contributed by atoms with Crippen molar-refractivity contribution in [3.05, 3.63) is 24.3 Å². The number of hydrogen-bond acceptors (Lipinski definition) is 4. The van der Waals surface area contributed by atoms with Crippen molar-refractivity contribution in [2.24, 2.45) is 0 Å². The monoisotopic (exact) mass is 328 g/mol. The molecule has 0 spiro atoms. The second kappa shape index (κ2) is 6.81. The summed E-state index contributed by atoms with van der Waals surface area (Å²) in [5.74, 6) is -0.237. The molecular weight excluding hydrogens is 308 g/mol. The Hall–Kier alpha value is -1.05. The van der Waals surface area contributed by atoms with Gasteiger partial charge >= 0.3 is 0 Å². The van der Waals surface area contributed by atoms with Crippen LogP contribution in [0.4, 0.5) is 0 Å². The summed E-state index contributed by atoms with van der Waals surface area (Å²) in [6.07, 6.45) is 4.17. The lowest BCUT2D eigenvalue weighted by Gasteiger charge is -2.33. The lowest BCUT2D eigenvalue weighted by Crippen LogP contribution is -2.51. The summed E-state index contributed by atoms with van der Waals surface area (Å²) in [5.41, 5.74) is 0. The number of piperidine rings is 1. The van der Waals surface area contributed by atoms with Crippen LogP contribution in [-0.2, 0) is 14.8 Å². The van der Waals surface area contributed by atoms with Crippen molar-refractivity contribution in [3.63, 3.8) is 0 Å². The average Bonchev–Trinajstić information content (AvgIpc) is 2.54. The van der Waals surface area contributed by atoms with Gasteiger partial charge in [0.05, 0.1) is 4.90 Å². The lowest BCUT2D eigenvalue weighted by molar-refractivity contribution is -0.125. The van der Waals surface area contributed by atoms with Crippen LogP contribution < -0.4 is 5.32 Å². The first-order chi connectivity index (χ1) is 10.0. The first-order valence-electron chi connectivity index (χ1n) is 6.88. The summed E-state index contributed by atoms with van der Waals surface area (Å²) in [4.78, 5) is 13.2. The maximum atomic E-state index is 12.8. The van der Waals surface area contributed by atoms with Gasteiger partial charge in [0.25, 0.3) is 0 Å². The number of amides is 1. The molecule has 1 atom stereocenters. The van der Waals surface area contributed by atoms with Gasteiger partial charge < -0.3 is 5.32 Å². The van der Waals surface area contributed by atoms with Crippen LogP contribution in [0.15, 0.2) is 34.1 Å². The molecular formula is C14H20N2O3S2. The zero-order chi connectivity index (χ0) is 15.5. The van der Waals surface area contributed by atoms with E-state index in [0.717, 1.165) is 17.7 Å². The van der Waals surface area contributed by atoms with Crippen LogP contribution in [0.5, 0.6) is 0 Å². The van der Waals surface area contributed by atoms with E-state index in [0.29, 0.717) is 13.0 Å². The number of thioether (sulfide) groups is 1. The Morgan fingerprint density at radius 3 is 2.52 bits per heavy atom. The van der Waals surface area contributed by atoms with Crippen molar-refractivity contribution >= 4 is 27.7 Å². The summed E-state index contributed by atoms with van der Waals surface area (Å²) in [6, 6.07) is 6.19. The summed E-state index contributed by atoms with van der Waals surface area (Å²) in [5, 5.41) is 2.56. The normalized spacial score (nSPS) is 20.2. The molecule has 0 radical (unpaired) electrons. The zero-order valence-corrected chi connectivity index (χ0v) is 13.8. The fourth-order valence-corrected chi connectivity index (χ4v) is 4.57. The van der Waals surface area contributed by atoms with E-state index in [2.05, 4.69) is 5.32 Å². The van der Waals surface area contributed by atoms with Crippen LogP contribution in [0, 0.1) is 0 Å². The van der Waals surface area contributed by atoms with Gasteiger partial charge in [-0.2, -0.15) is 4.31 Å². The highest BCUT2D eigenvalue weighted by atomic mass is 32.2. The van der Waals surface area contributed by atoms with Gasteiger partial charge in [-0.1, -0.05) is 6.42 Å². The first kappa shape index (κ1) is 16.3. The van der Waals surface area contributed by atoms with Crippen molar-refractivity contribution in [1.29, 1.82) is 0 Å². The molecule has 1 saturated heterocycles. The lowest BCUT2D eigenvalue weighted by atomic mass is 10.0. The molecule has 1 fully saturated rings. The average molecular weight is 328 g/mol. The highest BCUT2D eigenvalue weighted by Crippen LogP contribution is 2.26. The second-order valence-corrected chi connectivity index (χ2v) is 7.69. The molecule has 0 aromatic heterocycles. The molecule has 1 heterocycles. The number of hydrogen-bond donors (Lipinski definition) is 1. The third-order valence-corrected chi connectivity index (χ3v) is 6.33. The molecule has 1 aromatic carbocycles. The second-order valence-electron chi connectivity index (χ2n) is 4.92. The largest absolute Gasteiger partial charge is 0.358 e. The minimum atomic E-state index is -3.63. The fraction of sp³-hybridized carbons (Fsp3) is 0.500. The smallest absolute Gasteiger partial charge is 0.243 e. The van der Waals surface area contributed by atoms with Crippen molar-refractivity contribution in [1.82, 2.24) is 9.62 Å². The van der Waals surface area contributed by atoms with Crippen LogP contribution in [0.2, 0.25) is 0 Å². The Morgan fingerprint density at radius 1 is 1.29 bits per heavy atom. The molecule has 1 aliphatic rings. The molecule has 0 saturated carbocycles. The number of carbonyl (C=O) groups is 1. The van der Waals surface area contributed by atoms with Crippen LogP contribution >= 0.6 is 11.8 Å². The number of benzene rings is 1. The van der Waals surface area contributed by atoms with Gasteiger partial charge in [0.1, 0.15) is 6.04 Å². The summed E-state index contributed by atoms with van der Waals surface area (Å²) < 4.78 is 26.9. The molecule has 1 unspecified atom stereocenters. The third-order valence-electron chi connectivity index (χ3n) is 3.67. The molecule has 2 rings (SSSR count). The van der Waals surface area contributed by atoms with Crippen molar-refractivity contribution in [2.75, 3.05) is 19.8 Å². The van der Waals surface area contributed by atoms with Crippen molar-refractivity contribution in [3.8, 4) is 0 Å². The van der Waals surface area contributed by atoms with Crippen LogP contribution in [0.25, 0.3) is 0 Å². The molecule has 0 bridgehead atoms. The SMILES string of the molecule is CNC(=O)C1CCCCN1S(=O)(=O)c1ccc(SC)cc1. The predicted molar refractivity (Wildman–Crippen MR) is 83.8 cm³/mol. The molecule has 7 heteroatoms. The number of carbonyl (C=O) groups excluding carboxylic acids is 1. The van der Waals surface area contributed by atoms with E-state index in [-0.39, 0.29) is 10.8 Å². The number of nitrogens with one attached hydrogen (secondary N) is 1. The molecule has 1 N–H and O–H groups in total. The Bertz CT molecular complexity index is 599. The van der Waals surface area contributed by atoms with Gasteiger partial charge in [-0.15, -0.1) is 11.8 Å². The van der Waals surface area contributed by atoms with Gasteiger partial charge in [0.15, 0.2) is 0 Å². The molecule has 1 aromatic rings. The highest BCUT2D eigenvalue weighted by Gasteiger charge is 2.37. The van der Waals surface area contributed by atoms with Crippen molar-refractivity contribution in [2.45, 2.75) is 35.1 Å². The summed E-state index contributed by atoms with van der Waals surface area (Å²) in [7, 11) is -2.09. The first-order valence-corrected chi connectivity index (χ1v) is 9.54. The van der Waals surface area contributed by atoms with Crippen molar-refractivity contribution < 1.29 is 13.2 Å². The van der Waals surface area contributed by atoms with Crippen LogP contribution in [0.1, 0.15) is 19.3 Å². The molecule has 5 nitrogen and oxygen atoms in total. The summed E-state index contributed by atoms with van der Waals surface area (Å²) >= 11 is 1.56. The van der Waals surface area contributed by atoms with E-state index in [1.165, 1.54) is 11.4 Å². The highest BCUT2D eigenvalue weighted by molar-refractivity contribution is 7.98. The Labute approximate surface area is 130 Å². The predicted octanol–water partition coefficient (Wildman–Crippen LogP) is 1.70. The van der Waals surface area contributed by atoms with Crippen LogP contribution in [-0.4, -0.2) is 44.5 Å². The molecule has 116 valence electrons. The minimum Gasteiger partial charge on any atom is -0.358 e. The number of likely N-dealkylation sites (N-methyl/N-ethyl adjacent to an activating group) is 1. The Kier molecular flexibility index (Phi) is 5.29. The van der Waals surface area contributed by atoms with Gasteiger partial charge in [0, 0.05) is 18.5 Å². The fourth-order valence-electron chi connectivity index (χ4n) is 2.50. The molecule has 21 heavy (non-hydrogen) atoms. The minimum absolute atomic E-state index is 0.237. The van der Waals surface area contributed by atoms with Gasteiger partial charge in [-0.3, -0.25) is 4.79 Å². The molecule has 0 aliphatic carbocycles. The maximum Gasteiger partial charge on any atom is 0.243 e. The topological polar surface area (TPSA) is 66.5 Å². The van der Waals surface area contributed by atoms with E-state index in [1.54, 1.807) is 36.0 Å². The number of nitrogens with zero attached hydrogens (tertiary/aromatic N) is 1. The maximum absolute atomic E-state index is 12.8. The molecule has 1 amide bonds. The Morgan fingerprint density at radius 2 is 1.95 bits per heavy atom. The standard InChI is InChI=1S/C14H20N2O3S2/c1-15-14(17)13-5-3-4-10-16(13)21(18,19)12-8-6-11(20-2)7-9-12/h6-9,13H,3-5,10H2,1-2H3,(H,15,17). The van der Waals surface area contributed by atoms with Crippen LogP contribution in [0.3, 0.4) is 0 Å². The van der Waals surface area contributed by atoms with Gasteiger partial charge in [-0.25, -0.2) is 8.42 Å². The number of sulfonamides is 1. The summed E-state index contributed by atoms with van der Waals surface area (Å²) in [6.45, 7) is 0.394. The zero-order valence-electron chi connectivity index (χ0n) is 12.2. The Balaban J connectivity index is 2.33. The van der Waals surface area contributed by atoms with E-state index in [9.17, 15) is 13.2 Å². The number of rotatable bonds is 4. The van der Waals surface area contributed by atoms with E-state index >= 15 is 0 Å². The van der Waals surface area contributed by atoms with Gasteiger partial charge in [0.2, 0.25) is 15.9 Å². The van der Waals surface area contributed by atoms with Gasteiger partial charge in [-0.05, 0) is 43.4 Å². The van der Waals surface area contributed by atoms with E-state index in [1.807, 2.05) is 6.26 Å². The van der Waals surface area contributed by atoms with E-state index < -0.39 is 16.1 Å². The quantitative estimate of drug-likeness (QED) is 0.854. The molecule has 1 aliphatic heterocycles. The third kappa shape index (κ3) is 3.41. The van der Waals surface area contributed by atoms with E-state index in [4.69, 9.17) is 0 Å².